The summed E-state index contributed by atoms with van der Waals surface area (Å²) in [5, 5.41) is 0.917. The average molecular weight is 264 g/mol. The summed E-state index contributed by atoms with van der Waals surface area (Å²) in [6.07, 6.45) is 1.64. The lowest BCUT2D eigenvalue weighted by Crippen LogP contribution is -2.17. The van der Waals surface area contributed by atoms with E-state index in [-0.39, 0.29) is 5.78 Å². The van der Waals surface area contributed by atoms with Gasteiger partial charge >= 0.3 is 0 Å². The normalized spacial score (nSPS) is 15.9. The second kappa shape index (κ2) is 4.94. The number of hydrogen-bond donors (Lipinski definition) is 1. The molecule has 0 bridgehead atoms. The zero-order chi connectivity index (χ0) is 13.3. The topological polar surface area (TPSA) is 55.6 Å². The molecule has 0 aliphatic carbocycles. The quantitative estimate of drug-likeness (QED) is 0.672. The van der Waals surface area contributed by atoms with Gasteiger partial charge in [0.2, 0.25) is 0 Å². The first-order valence-corrected chi connectivity index (χ1v) is 6.54. The summed E-state index contributed by atoms with van der Waals surface area (Å²) in [5.74, 6) is 0.704. The average Bonchev–Trinajstić information content (AvgIpc) is 2.67. The van der Waals surface area contributed by atoms with Gasteiger partial charge in [-0.15, -0.1) is 0 Å². The molecular weight excluding hydrogens is 248 g/mol. The van der Waals surface area contributed by atoms with Crippen LogP contribution in [-0.4, -0.2) is 19.4 Å². The van der Waals surface area contributed by atoms with Crippen LogP contribution in [0.4, 0.5) is 11.4 Å². The Morgan fingerprint density at radius 2 is 2.28 bits per heavy atom. The third-order valence-corrected chi connectivity index (χ3v) is 3.94. The second-order valence-corrected chi connectivity index (χ2v) is 5.00. The lowest BCUT2D eigenvalue weighted by Gasteiger charge is -2.18. The minimum Gasteiger partial charge on any atom is -0.495 e. The molecule has 1 heterocycles. The number of benzene rings is 1. The van der Waals surface area contributed by atoms with Crippen molar-refractivity contribution in [2.45, 2.75) is 18.7 Å². The first-order valence-electron chi connectivity index (χ1n) is 5.72. The van der Waals surface area contributed by atoms with E-state index in [2.05, 4.69) is 4.90 Å². The Bertz CT molecular complexity index is 526. The Morgan fingerprint density at radius 3 is 2.83 bits per heavy atom. The van der Waals surface area contributed by atoms with E-state index in [1.165, 1.54) is 11.8 Å². The Labute approximate surface area is 111 Å². The summed E-state index contributed by atoms with van der Waals surface area (Å²) in [7, 11) is 1.60. The zero-order valence-corrected chi connectivity index (χ0v) is 11.5. The molecule has 1 aliphatic rings. The Balaban J connectivity index is 2.51. The highest BCUT2D eigenvalue weighted by molar-refractivity contribution is 8.04. The molecule has 18 heavy (non-hydrogen) atoms. The third kappa shape index (κ3) is 2.06. The molecule has 0 unspecified atom stereocenters. The van der Waals surface area contributed by atoms with Gasteiger partial charge in [-0.05, 0) is 26.0 Å². The number of carbonyl (C=O) groups is 1. The van der Waals surface area contributed by atoms with Crippen LogP contribution < -0.4 is 15.4 Å². The molecule has 4 nitrogen and oxygen atoms in total. The molecule has 5 heteroatoms. The number of hydrogen-bond acceptors (Lipinski definition) is 5. The van der Waals surface area contributed by atoms with Crippen LogP contribution in [0.5, 0.6) is 5.75 Å². The van der Waals surface area contributed by atoms with Gasteiger partial charge in [-0.2, -0.15) is 0 Å². The predicted octanol–water partition coefficient (Wildman–Crippen LogP) is 2.64. The first-order chi connectivity index (χ1) is 8.58. The van der Waals surface area contributed by atoms with Crippen LogP contribution >= 0.6 is 11.8 Å². The summed E-state index contributed by atoms with van der Waals surface area (Å²) >= 11 is 1.51. The second-order valence-electron chi connectivity index (χ2n) is 3.97. The Kier molecular flexibility index (Phi) is 3.52. The van der Waals surface area contributed by atoms with Crippen molar-refractivity contribution in [1.82, 2.24) is 0 Å². The van der Waals surface area contributed by atoms with Crippen LogP contribution in [0.1, 0.15) is 13.8 Å². The van der Waals surface area contributed by atoms with Gasteiger partial charge in [0.1, 0.15) is 5.75 Å². The van der Waals surface area contributed by atoms with Crippen molar-refractivity contribution in [2.75, 3.05) is 24.3 Å². The molecule has 0 atom stereocenters. The van der Waals surface area contributed by atoms with Crippen LogP contribution in [0.25, 0.3) is 0 Å². The van der Waals surface area contributed by atoms with E-state index >= 15 is 0 Å². The fourth-order valence-electron chi connectivity index (χ4n) is 1.95. The minimum atomic E-state index is 0.0364. The number of thioether (sulfide) groups is 1. The van der Waals surface area contributed by atoms with Crippen molar-refractivity contribution < 1.29 is 9.53 Å². The molecule has 1 aromatic carbocycles. The number of nitrogen functional groups attached to an aromatic ring is 1. The number of nitrogens with two attached hydrogens (primary N) is 1. The number of ether oxygens (including phenoxy) is 1. The fraction of sp³-hybridized carbons (Fsp3) is 0.308. The molecule has 1 aromatic rings. The zero-order valence-electron chi connectivity index (χ0n) is 10.7. The van der Waals surface area contributed by atoms with Gasteiger partial charge in [0.05, 0.1) is 28.4 Å². The number of allylic oxidation sites excluding steroid dienone is 1. The number of nitrogens with zero attached hydrogens (tertiary/aromatic N) is 1. The lowest BCUT2D eigenvalue weighted by atomic mass is 10.2. The Hall–Kier alpha value is -1.62. The van der Waals surface area contributed by atoms with E-state index in [9.17, 15) is 4.79 Å². The summed E-state index contributed by atoms with van der Waals surface area (Å²) in [6, 6.07) is 3.83. The molecule has 0 fully saturated rings. The maximum absolute atomic E-state index is 11.2. The van der Waals surface area contributed by atoms with Crippen molar-refractivity contribution in [3.63, 3.8) is 0 Å². The molecule has 0 radical (unpaired) electrons. The standard InChI is InChI=1S/C13H16N2O2S/c1-4-15-9-5-6-10(17-3)12(14)13(9)18-11(15)7-8(2)16/h5-7H,4,14H2,1-3H3. The van der Waals surface area contributed by atoms with Crippen LogP contribution in [0.2, 0.25) is 0 Å². The number of ketones is 1. The summed E-state index contributed by atoms with van der Waals surface area (Å²) < 4.78 is 5.21. The fourth-order valence-corrected chi connectivity index (χ4v) is 3.22. The molecule has 2 rings (SSSR count). The molecule has 2 N–H and O–H groups in total. The van der Waals surface area contributed by atoms with Crippen molar-refractivity contribution >= 4 is 28.9 Å². The smallest absolute Gasteiger partial charge is 0.155 e. The number of carbonyl (C=O) groups excluding carboxylic acids is 1. The third-order valence-electron chi connectivity index (χ3n) is 2.76. The van der Waals surface area contributed by atoms with Gasteiger partial charge in [0.25, 0.3) is 0 Å². The summed E-state index contributed by atoms with van der Waals surface area (Å²) in [6.45, 7) is 4.39. The van der Waals surface area contributed by atoms with E-state index in [0.717, 1.165) is 22.2 Å². The van der Waals surface area contributed by atoms with Crippen LogP contribution in [0.15, 0.2) is 28.1 Å². The van der Waals surface area contributed by atoms with Gasteiger partial charge in [0, 0.05) is 12.6 Å². The molecule has 0 amide bonds. The van der Waals surface area contributed by atoms with E-state index in [0.29, 0.717) is 11.4 Å². The molecule has 1 aliphatic heterocycles. The highest BCUT2D eigenvalue weighted by Gasteiger charge is 2.27. The molecule has 96 valence electrons. The van der Waals surface area contributed by atoms with Crippen LogP contribution in [0, 0.1) is 0 Å². The van der Waals surface area contributed by atoms with Gasteiger partial charge < -0.3 is 15.4 Å². The van der Waals surface area contributed by atoms with Crippen LogP contribution in [-0.2, 0) is 4.79 Å². The largest absolute Gasteiger partial charge is 0.495 e. The van der Waals surface area contributed by atoms with Gasteiger partial charge in [0.15, 0.2) is 5.78 Å². The van der Waals surface area contributed by atoms with Crippen molar-refractivity contribution in [3.8, 4) is 5.75 Å². The van der Waals surface area contributed by atoms with Gasteiger partial charge in [-0.3, -0.25) is 4.79 Å². The van der Waals surface area contributed by atoms with E-state index < -0.39 is 0 Å². The number of fused-ring (bicyclic) bond motifs is 1. The van der Waals surface area contributed by atoms with Gasteiger partial charge in [-0.25, -0.2) is 0 Å². The molecule has 0 aromatic heterocycles. The molecule has 0 saturated heterocycles. The van der Waals surface area contributed by atoms with Crippen LogP contribution in [0.3, 0.4) is 0 Å². The van der Waals surface area contributed by atoms with Gasteiger partial charge in [-0.1, -0.05) is 11.8 Å². The lowest BCUT2D eigenvalue weighted by molar-refractivity contribution is -0.112. The highest BCUT2D eigenvalue weighted by atomic mass is 32.2. The molecule has 0 saturated carbocycles. The minimum absolute atomic E-state index is 0.0364. The summed E-state index contributed by atoms with van der Waals surface area (Å²) in [5.41, 5.74) is 7.74. The first kappa shape index (κ1) is 12.8. The van der Waals surface area contributed by atoms with Crippen molar-refractivity contribution in [2.24, 2.45) is 0 Å². The maximum atomic E-state index is 11.2. The monoisotopic (exact) mass is 264 g/mol. The maximum Gasteiger partial charge on any atom is 0.155 e. The SMILES string of the molecule is CCN1C(=CC(C)=O)Sc2c1ccc(OC)c2N. The van der Waals surface area contributed by atoms with E-state index in [1.54, 1.807) is 20.1 Å². The van der Waals surface area contributed by atoms with Crippen molar-refractivity contribution in [1.29, 1.82) is 0 Å². The Morgan fingerprint density at radius 1 is 1.56 bits per heavy atom. The van der Waals surface area contributed by atoms with E-state index in [4.69, 9.17) is 10.5 Å². The predicted molar refractivity (Wildman–Crippen MR) is 75.0 cm³/mol. The molecular formula is C13H16N2O2S. The molecule has 0 spiro atoms. The van der Waals surface area contributed by atoms with Crippen molar-refractivity contribution in [3.05, 3.63) is 23.2 Å². The highest BCUT2D eigenvalue weighted by Crippen LogP contribution is 2.51. The number of rotatable bonds is 3. The number of anilines is 2. The van der Waals surface area contributed by atoms with E-state index in [1.807, 2.05) is 19.1 Å². The number of methoxy groups -OCH3 is 1. The summed E-state index contributed by atoms with van der Waals surface area (Å²) in [4.78, 5) is 14.3.